The Kier molecular flexibility index (Phi) is 7.20. The molecule has 1 aromatic carbocycles. The number of benzene rings is 1. The highest BCUT2D eigenvalue weighted by Crippen LogP contribution is 2.23. The Balaban J connectivity index is 1.81. The molecule has 0 radical (unpaired) electrons. The Morgan fingerprint density at radius 2 is 1.86 bits per heavy atom. The third-order valence-corrected chi connectivity index (χ3v) is 5.35. The molecular weight excluding hydrogens is 404 g/mol. The Morgan fingerprint density at radius 3 is 2.45 bits per heavy atom. The smallest absolute Gasteiger partial charge is 0.408 e. The zero-order chi connectivity index (χ0) is 21.7. The lowest BCUT2D eigenvalue weighted by atomic mass is 9.95. The number of esters is 1. The molecule has 160 valence electrons. The summed E-state index contributed by atoms with van der Waals surface area (Å²) in [5.74, 6) is -1.47. The molecule has 0 saturated carbocycles. The molecule has 1 aromatic rings. The zero-order valence-corrected chi connectivity index (χ0v) is 17.2. The summed E-state index contributed by atoms with van der Waals surface area (Å²) in [6.07, 6.45) is -0.839. The van der Waals surface area contributed by atoms with Crippen molar-refractivity contribution in [1.82, 2.24) is 9.62 Å². The van der Waals surface area contributed by atoms with Crippen LogP contribution in [0.4, 0.5) is 4.79 Å². The van der Waals surface area contributed by atoms with E-state index in [-0.39, 0.29) is 19.8 Å². The van der Waals surface area contributed by atoms with Crippen LogP contribution in [0.15, 0.2) is 30.3 Å². The maximum atomic E-state index is 12.2. The van der Waals surface area contributed by atoms with Crippen LogP contribution < -0.4 is 5.32 Å². The van der Waals surface area contributed by atoms with Gasteiger partial charge in [0.05, 0.1) is 25.2 Å². The Labute approximate surface area is 169 Å². The first kappa shape index (κ1) is 22.6. The van der Waals surface area contributed by atoms with E-state index in [1.165, 1.54) is 13.8 Å². The number of hydrogen-bond donors (Lipinski definition) is 1. The van der Waals surface area contributed by atoms with Crippen molar-refractivity contribution < 1.29 is 36.5 Å². The van der Waals surface area contributed by atoms with E-state index in [0.717, 1.165) is 5.56 Å². The molecule has 0 aromatic heterocycles. The van der Waals surface area contributed by atoms with E-state index in [4.69, 9.17) is 13.7 Å². The summed E-state index contributed by atoms with van der Waals surface area (Å²) in [5, 5.41) is 2.30. The van der Waals surface area contributed by atoms with Crippen molar-refractivity contribution >= 4 is 28.3 Å². The average molecular weight is 428 g/mol. The van der Waals surface area contributed by atoms with Crippen LogP contribution in [0.3, 0.4) is 0 Å². The van der Waals surface area contributed by atoms with Gasteiger partial charge < -0.3 is 14.8 Å². The molecular formula is C18H24N2O8S. The molecule has 0 unspecified atom stereocenters. The van der Waals surface area contributed by atoms with Gasteiger partial charge >= 0.3 is 22.4 Å². The number of nitrogens with zero attached hydrogens (tertiary/aromatic N) is 1. The van der Waals surface area contributed by atoms with Crippen molar-refractivity contribution in [1.29, 1.82) is 0 Å². The predicted molar refractivity (Wildman–Crippen MR) is 101 cm³/mol. The zero-order valence-electron chi connectivity index (χ0n) is 16.4. The molecule has 1 aliphatic rings. The van der Waals surface area contributed by atoms with Crippen molar-refractivity contribution in [3.05, 3.63) is 35.9 Å². The lowest BCUT2D eigenvalue weighted by molar-refractivity contribution is -0.155. The van der Waals surface area contributed by atoms with Gasteiger partial charge in [0, 0.05) is 0 Å². The minimum atomic E-state index is -4.39. The van der Waals surface area contributed by atoms with E-state index in [2.05, 4.69) is 5.32 Å². The van der Waals surface area contributed by atoms with E-state index in [9.17, 15) is 22.8 Å². The van der Waals surface area contributed by atoms with Gasteiger partial charge in [-0.2, -0.15) is 8.42 Å². The number of hydrogen-bond acceptors (Lipinski definition) is 8. The fourth-order valence-electron chi connectivity index (χ4n) is 2.28. The molecule has 2 amide bonds. The highest BCUT2D eigenvalue weighted by atomic mass is 32.2. The van der Waals surface area contributed by atoms with Gasteiger partial charge in [0.25, 0.3) is 5.91 Å². The summed E-state index contributed by atoms with van der Waals surface area (Å²) in [4.78, 5) is 35.7. The normalized spacial score (nSPS) is 16.7. The molecule has 1 aliphatic heterocycles. The van der Waals surface area contributed by atoms with Crippen LogP contribution in [0.2, 0.25) is 0 Å². The SMILES string of the molecule is CCOC(=O)C(C)(C)COS(=O)(=O)N1C[C@H](NC(=O)OCc2ccccc2)C1=O. The fourth-order valence-corrected chi connectivity index (χ4v) is 3.53. The quantitative estimate of drug-likeness (QED) is 0.455. The van der Waals surface area contributed by atoms with Gasteiger partial charge in [-0.1, -0.05) is 30.3 Å². The van der Waals surface area contributed by atoms with Gasteiger partial charge in [0.1, 0.15) is 12.6 Å². The third-order valence-electron chi connectivity index (χ3n) is 4.06. The van der Waals surface area contributed by atoms with Crippen LogP contribution >= 0.6 is 0 Å². The molecule has 1 N–H and O–H groups in total. The maximum absolute atomic E-state index is 12.2. The summed E-state index contributed by atoms with van der Waals surface area (Å²) >= 11 is 0. The second-order valence-corrected chi connectivity index (χ2v) is 8.48. The van der Waals surface area contributed by atoms with Gasteiger partial charge in [-0.25, -0.2) is 9.10 Å². The summed E-state index contributed by atoms with van der Waals surface area (Å²) in [7, 11) is -4.39. The van der Waals surface area contributed by atoms with Crippen molar-refractivity contribution in [2.45, 2.75) is 33.4 Å². The first-order chi connectivity index (χ1) is 13.6. The monoisotopic (exact) mass is 428 g/mol. The minimum absolute atomic E-state index is 0.0155. The van der Waals surface area contributed by atoms with Crippen molar-refractivity contribution in [2.24, 2.45) is 5.41 Å². The second kappa shape index (κ2) is 9.23. The number of amides is 2. The van der Waals surface area contributed by atoms with Gasteiger partial charge in [0.15, 0.2) is 0 Å². The first-order valence-electron chi connectivity index (χ1n) is 8.92. The average Bonchev–Trinajstić information content (AvgIpc) is 2.68. The minimum Gasteiger partial charge on any atom is -0.466 e. The molecule has 1 saturated heterocycles. The van der Waals surface area contributed by atoms with Crippen LogP contribution in [0, 0.1) is 5.41 Å². The summed E-state index contributed by atoms with van der Waals surface area (Å²) < 4.78 is 39.5. The Morgan fingerprint density at radius 1 is 1.21 bits per heavy atom. The molecule has 1 fully saturated rings. The fraction of sp³-hybridized carbons (Fsp3) is 0.500. The molecule has 1 heterocycles. The number of nitrogens with one attached hydrogen (secondary N) is 1. The number of alkyl carbamates (subject to hydrolysis) is 1. The number of carbonyl (C=O) groups is 3. The predicted octanol–water partition coefficient (Wildman–Crippen LogP) is 0.974. The maximum Gasteiger partial charge on any atom is 0.408 e. The van der Waals surface area contributed by atoms with E-state index >= 15 is 0 Å². The van der Waals surface area contributed by atoms with Gasteiger partial charge in [-0.3, -0.25) is 13.8 Å². The first-order valence-corrected chi connectivity index (χ1v) is 10.3. The third kappa shape index (κ3) is 5.91. The van der Waals surface area contributed by atoms with E-state index in [1.54, 1.807) is 31.2 Å². The topological polar surface area (TPSA) is 128 Å². The van der Waals surface area contributed by atoms with Crippen LogP contribution in [-0.4, -0.2) is 56.5 Å². The molecule has 0 spiro atoms. The molecule has 10 nitrogen and oxygen atoms in total. The lowest BCUT2D eigenvalue weighted by Gasteiger charge is -2.36. The molecule has 0 aliphatic carbocycles. The van der Waals surface area contributed by atoms with E-state index in [1.807, 2.05) is 6.07 Å². The Hall–Kier alpha value is -2.66. The van der Waals surface area contributed by atoms with Gasteiger partial charge in [0.2, 0.25) is 0 Å². The molecule has 0 bridgehead atoms. The highest BCUT2D eigenvalue weighted by molar-refractivity contribution is 7.85. The standard InChI is InChI=1S/C18H24N2O8S/c1-4-26-16(22)18(2,3)12-28-29(24,25)20-10-14(15(20)21)19-17(23)27-11-13-8-6-5-7-9-13/h5-9,14H,4,10-12H2,1-3H3,(H,19,23)/t14-/m0/s1. The van der Waals surface area contributed by atoms with E-state index < -0.39 is 46.3 Å². The lowest BCUT2D eigenvalue weighted by Crippen LogP contribution is -2.65. The van der Waals surface area contributed by atoms with Crippen LogP contribution in [0.5, 0.6) is 0 Å². The number of ether oxygens (including phenoxy) is 2. The van der Waals surface area contributed by atoms with Crippen LogP contribution in [-0.2, 0) is 40.2 Å². The molecule has 29 heavy (non-hydrogen) atoms. The molecule has 11 heteroatoms. The molecule has 1 atom stereocenters. The highest BCUT2D eigenvalue weighted by Gasteiger charge is 2.46. The summed E-state index contributed by atoms with van der Waals surface area (Å²) in [6.45, 7) is 3.94. The Bertz CT molecular complexity index is 854. The van der Waals surface area contributed by atoms with E-state index in [0.29, 0.717) is 4.31 Å². The number of carbonyl (C=O) groups excluding carboxylic acids is 3. The van der Waals surface area contributed by atoms with Crippen LogP contribution in [0.1, 0.15) is 26.3 Å². The molecule has 2 rings (SSSR count). The second-order valence-electron chi connectivity index (χ2n) is 6.95. The summed E-state index contributed by atoms with van der Waals surface area (Å²) in [5.41, 5.74) is -0.444. The van der Waals surface area contributed by atoms with Gasteiger partial charge in [-0.15, -0.1) is 0 Å². The summed E-state index contributed by atoms with van der Waals surface area (Å²) in [6, 6.07) is 7.91. The van der Waals surface area contributed by atoms with Crippen molar-refractivity contribution in [3.63, 3.8) is 0 Å². The van der Waals surface area contributed by atoms with Crippen LogP contribution in [0.25, 0.3) is 0 Å². The van der Waals surface area contributed by atoms with Gasteiger partial charge in [-0.05, 0) is 26.3 Å². The van der Waals surface area contributed by atoms with Crippen molar-refractivity contribution in [2.75, 3.05) is 19.8 Å². The number of β-lactam (4-membered cyclic amide) rings is 1. The largest absolute Gasteiger partial charge is 0.466 e. The number of rotatable bonds is 9. The van der Waals surface area contributed by atoms with Crippen molar-refractivity contribution in [3.8, 4) is 0 Å².